The normalized spacial score (nSPS) is 10.5. The van der Waals surface area contributed by atoms with Crippen LogP contribution < -0.4 is 10.6 Å². The molecule has 128 valence electrons. The van der Waals surface area contributed by atoms with E-state index < -0.39 is 0 Å². The molecule has 0 radical (unpaired) electrons. The molecule has 0 spiro atoms. The number of rotatable bonds is 7. The van der Waals surface area contributed by atoms with Gasteiger partial charge in [-0.2, -0.15) is 4.98 Å². The Bertz CT molecular complexity index is 823. The van der Waals surface area contributed by atoms with Gasteiger partial charge in [-0.05, 0) is 36.6 Å². The van der Waals surface area contributed by atoms with Crippen molar-refractivity contribution >= 4 is 11.8 Å². The Morgan fingerprint density at radius 1 is 1.04 bits per heavy atom. The maximum atomic E-state index is 13.6. The zero-order valence-electron chi connectivity index (χ0n) is 14.0. The molecular weight excluding hydrogens is 317 g/mol. The van der Waals surface area contributed by atoms with E-state index in [1.165, 1.54) is 6.07 Å². The van der Waals surface area contributed by atoms with Crippen LogP contribution in [-0.2, 0) is 13.0 Å². The van der Waals surface area contributed by atoms with Crippen molar-refractivity contribution in [3.8, 4) is 0 Å². The number of nitrogens with one attached hydrogen (secondary N) is 2. The minimum atomic E-state index is -0.179. The standard InChI is InChI=1S/C19H20FN5/c1-14-11-18(22-10-8-16-6-2-3-7-17(16)20)25-19(24-14)23-13-15-5-4-9-21-12-15/h2-7,9,11-12H,8,10,13H2,1H3,(H2,22,23,24,25). The summed E-state index contributed by atoms with van der Waals surface area (Å²) < 4.78 is 13.6. The van der Waals surface area contributed by atoms with E-state index >= 15 is 0 Å². The van der Waals surface area contributed by atoms with Crippen LogP contribution in [0.15, 0.2) is 54.9 Å². The zero-order chi connectivity index (χ0) is 17.5. The van der Waals surface area contributed by atoms with Gasteiger partial charge in [0.15, 0.2) is 0 Å². The molecule has 0 aliphatic carbocycles. The molecule has 3 aromatic rings. The maximum Gasteiger partial charge on any atom is 0.225 e. The van der Waals surface area contributed by atoms with E-state index in [1.54, 1.807) is 24.5 Å². The molecule has 0 amide bonds. The molecule has 2 heterocycles. The molecule has 0 unspecified atom stereocenters. The SMILES string of the molecule is Cc1cc(NCCc2ccccc2F)nc(NCc2cccnc2)n1. The molecule has 0 saturated heterocycles. The average Bonchev–Trinajstić information content (AvgIpc) is 2.62. The highest BCUT2D eigenvalue weighted by Crippen LogP contribution is 2.12. The van der Waals surface area contributed by atoms with Crippen molar-refractivity contribution in [2.24, 2.45) is 0 Å². The molecular formula is C19H20FN5. The molecule has 2 aromatic heterocycles. The quantitative estimate of drug-likeness (QED) is 0.690. The fourth-order valence-electron chi connectivity index (χ4n) is 2.45. The molecule has 3 rings (SSSR count). The van der Waals surface area contributed by atoms with Crippen molar-refractivity contribution in [3.63, 3.8) is 0 Å². The van der Waals surface area contributed by atoms with Gasteiger partial charge in [0, 0.05) is 37.2 Å². The molecule has 0 bridgehead atoms. The second kappa shape index (κ2) is 8.19. The largest absolute Gasteiger partial charge is 0.370 e. The monoisotopic (exact) mass is 337 g/mol. The molecule has 0 atom stereocenters. The summed E-state index contributed by atoms with van der Waals surface area (Å²) >= 11 is 0. The van der Waals surface area contributed by atoms with E-state index in [4.69, 9.17) is 0 Å². The lowest BCUT2D eigenvalue weighted by Gasteiger charge is -2.10. The van der Waals surface area contributed by atoms with E-state index in [0.717, 1.165) is 17.1 Å². The Morgan fingerprint density at radius 3 is 2.72 bits per heavy atom. The number of hydrogen-bond acceptors (Lipinski definition) is 5. The first-order valence-corrected chi connectivity index (χ1v) is 8.16. The fraction of sp³-hybridized carbons (Fsp3) is 0.211. The minimum Gasteiger partial charge on any atom is -0.370 e. The second-order valence-electron chi connectivity index (χ2n) is 5.70. The van der Waals surface area contributed by atoms with Crippen LogP contribution in [0.25, 0.3) is 0 Å². The average molecular weight is 337 g/mol. The minimum absolute atomic E-state index is 0.179. The van der Waals surface area contributed by atoms with E-state index in [-0.39, 0.29) is 5.82 Å². The number of benzene rings is 1. The molecule has 0 aliphatic heterocycles. The molecule has 1 aromatic carbocycles. The van der Waals surface area contributed by atoms with Crippen molar-refractivity contribution in [1.29, 1.82) is 0 Å². The molecule has 25 heavy (non-hydrogen) atoms. The Hall–Kier alpha value is -3.02. The summed E-state index contributed by atoms with van der Waals surface area (Å²) in [5, 5.41) is 6.43. The van der Waals surface area contributed by atoms with Crippen molar-refractivity contribution in [3.05, 3.63) is 77.5 Å². The molecule has 0 aliphatic rings. The van der Waals surface area contributed by atoms with Crippen LogP contribution in [0.1, 0.15) is 16.8 Å². The number of hydrogen-bond donors (Lipinski definition) is 2. The lowest BCUT2D eigenvalue weighted by molar-refractivity contribution is 0.610. The highest BCUT2D eigenvalue weighted by atomic mass is 19.1. The highest BCUT2D eigenvalue weighted by Gasteiger charge is 2.04. The Labute approximate surface area is 146 Å². The number of aryl methyl sites for hydroxylation is 1. The number of anilines is 2. The van der Waals surface area contributed by atoms with Gasteiger partial charge in [-0.1, -0.05) is 24.3 Å². The third-order valence-corrected chi connectivity index (χ3v) is 3.69. The summed E-state index contributed by atoms with van der Waals surface area (Å²) in [6.45, 7) is 3.12. The number of halogens is 1. The van der Waals surface area contributed by atoms with Gasteiger partial charge in [-0.3, -0.25) is 4.98 Å². The summed E-state index contributed by atoms with van der Waals surface area (Å²) in [4.78, 5) is 12.9. The van der Waals surface area contributed by atoms with Crippen molar-refractivity contribution in [2.45, 2.75) is 19.9 Å². The molecule has 6 heteroatoms. The van der Waals surface area contributed by atoms with E-state index in [0.29, 0.717) is 31.0 Å². The number of aromatic nitrogens is 3. The van der Waals surface area contributed by atoms with E-state index in [2.05, 4.69) is 25.6 Å². The summed E-state index contributed by atoms with van der Waals surface area (Å²) in [6.07, 6.45) is 4.13. The van der Waals surface area contributed by atoms with Crippen LogP contribution >= 0.6 is 0 Å². The van der Waals surface area contributed by atoms with Gasteiger partial charge in [0.05, 0.1) is 0 Å². The van der Waals surface area contributed by atoms with Crippen molar-refractivity contribution in [1.82, 2.24) is 15.0 Å². The number of nitrogens with zero attached hydrogens (tertiary/aromatic N) is 3. The van der Waals surface area contributed by atoms with Gasteiger partial charge >= 0.3 is 0 Å². The van der Waals surface area contributed by atoms with Gasteiger partial charge < -0.3 is 10.6 Å². The summed E-state index contributed by atoms with van der Waals surface area (Å²) in [5.41, 5.74) is 2.61. The van der Waals surface area contributed by atoms with Gasteiger partial charge in [-0.15, -0.1) is 0 Å². The summed E-state index contributed by atoms with van der Waals surface area (Å²) in [5.74, 6) is 1.09. The van der Waals surface area contributed by atoms with Crippen LogP contribution in [0, 0.1) is 12.7 Å². The van der Waals surface area contributed by atoms with Crippen LogP contribution in [0.2, 0.25) is 0 Å². The summed E-state index contributed by atoms with van der Waals surface area (Å²) in [7, 11) is 0. The third kappa shape index (κ3) is 4.97. The molecule has 0 fully saturated rings. The Kier molecular flexibility index (Phi) is 5.51. The van der Waals surface area contributed by atoms with Gasteiger partial charge in [0.2, 0.25) is 5.95 Å². The molecule has 0 saturated carbocycles. The van der Waals surface area contributed by atoms with Gasteiger partial charge in [0.25, 0.3) is 0 Å². The van der Waals surface area contributed by atoms with Crippen molar-refractivity contribution in [2.75, 3.05) is 17.2 Å². The van der Waals surface area contributed by atoms with Gasteiger partial charge in [0.1, 0.15) is 11.6 Å². The van der Waals surface area contributed by atoms with Crippen molar-refractivity contribution < 1.29 is 4.39 Å². The van der Waals surface area contributed by atoms with Crippen LogP contribution in [0.4, 0.5) is 16.2 Å². The first-order valence-electron chi connectivity index (χ1n) is 8.16. The van der Waals surface area contributed by atoms with E-state index in [1.807, 2.05) is 31.2 Å². The molecule has 5 nitrogen and oxygen atoms in total. The Morgan fingerprint density at radius 2 is 1.92 bits per heavy atom. The third-order valence-electron chi connectivity index (χ3n) is 3.69. The fourth-order valence-corrected chi connectivity index (χ4v) is 2.45. The molecule has 2 N–H and O–H groups in total. The highest BCUT2D eigenvalue weighted by molar-refractivity contribution is 5.42. The first kappa shape index (κ1) is 16.8. The van der Waals surface area contributed by atoms with E-state index in [9.17, 15) is 4.39 Å². The van der Waals surface area contributed by atoms with Gasteiger partial charge in [-0.25, -0.2) is 9.37 Å². The van der Waals surface area contributed by atoms with Crippen LogP contribution in [0.3, 0.4) is 0 Å². The smallest absolute Gasteiger partial charge is 0.225 e. The lowest BCUT2D eigenvalue weighted by atomic mass is 10.1. The maximum absolute atomic E-state index is 13.6. The summed E-state index contributed by atoms with van der Waals surface area (Å²) in [6, 6.07) is 12.6. The Balaban J connectivity index is 1.58. The predicted molar refractivity (Wildman–Crippen MR) is 96.9 cm³/mol. The topological polar surface area (TPSA) is 62.7 Å². The zero-order valence-corrected chi connectivity index (χ0v) is 14.0. The van der Waals surface area contributed by atoms with Crippen LogP contribution in [0.5, 0.6) is 0 Å². The second-order valence-corrected chi connectivity index (χ2v) is 5.70. The lowest BCUT2D eigenvalue weighted by Crippen LogP contribution is -2.10. The van der Waals surface area contributed by atoms with Crippen LogP contribution in [-0.4, -0.2) is 21.5 Å². The first-order chi connectivity index (χ1) is 12.2. The predicted octanol–water partition coefficient (Wildman–Crippen LogP) is 3.59. The number of pyridine rings is 1.